The van der Waals surface area contributed by atoms with Crippen LogP contribution in [0, 0.1) is 0 Å². The summed E-state index contributed by atoms with van der Waals surface area (Å²) in [5, 5.41) is 12.9. The van der Waals surface area contributed by atoms with Gasteiger partial charge < -0.3 is 14.7 Å². The molecule has 1 unspecified atom stereocenters. The molecule has 6 heteroatoms. The number of hydrogen-bond acceptors (Lipinski definition) is 4. The molecule has 1 amide bonds. The molecule has 0 aliphatic carbocycles. The number of hydrogen-bond donors (Lipinski definition) is 1. The van der Waals surface area contributed by atoms with E-state index in [0.29, 0.717) is 26.0 Å². The van der Waals surface area contributed by atoms with Crippen molar-refractivity contribution in [2.75, 3.05) is 19.7 Å². The highest BCUT2D eigenvalue weighted by Crippen LogP contribution is 2.11. The lowest BCUT2D eigenvalue weighted by atomic mass is 10.1. The fourth-order valence-corrected chi connectivity index (χ4v) is 2.57. The fraction of sp³-hybridized carbons (Fsp3) is 0.500. The Morgan fingerprint density at radius 1 is 1.56 bits per heavy atom. The molecular formula is C12H15NO4S. The van der Waals surface area contributed by atoms with Gasteiger partial charge in [0.05, 0.1) is 13.2 Å². The number of thiophene rings is 1. The molecule has 2 rings (SSSR count). The summed E-state index contributed by atoms with van der Waals surface area (Å²) in [4.78, 5) is 24.3. The van der Waals surface area contributed by atoms with Gasteiger partial charge >= 0.3 is 5.97 Å². The number of morpholine rings is 1. The standard InChI is InChI=1S/C12H15NO4S/c14-11(2-1-9-3-6-18-8-9)13-4-5-17-10(7-13)12(15)16/h3,6,8,10H,1-2,4-5,7H2,(H,15,16). The molecule has 0 spiro atoms. The summed E-state index contributed by atoms with van der Waals surface area (Å²) in [6, 6.07) is 2.00. The lowest BCUT2D eigenvalue weighted by molar-refractivity contribution is -0.159. The highest BCUT2D eigenvalue weighted by atomic mass is 32.1. The van der Waals surface area contributed by atoms with Crippen molar-refractivity contribution in [3.05, 3.63) is 22.4 Å². The van der Waals surface area contributed by atoms with Gasteiger partial charge in [0.1, 0.15) is 0 Å². The smallest absolute Gasteiger partial charge is 0.334 e. The zero-order valence-corrected chi connectivity index (χ0v) is 10.7. The van der Waals surface area contributed by atoms with Crippen molar-refractivity contribution in [3.63, 3.8) is 0 Å². The van der Waals surface area contributed by atoms with E-state index < -0.39 is 12.1 Å². The van der Waals surface area contributed by atoms with E-state index in [1.54, 1.807) is 16.2 Å². The third kappa shape index (κ3) is 3.30. The minimum absolute atomic E-state index is 0.00394. The van der Waals surface area contributed by atoms with Crippen molar-refractivity contribution >= 4 is 23.2 Å². The summed E-state index contributed by atoms with van der Waals surface area (Å²) >= 11 is 1.61. The first-order valence-corrected chi connectivity index (χ1v) is 6.74. The van der Waals surface area contributed by atoms with E-state index in [9.17, 15) is 9.59 Å². The number of ether oxygens (including phenoxy) is 1. The van der Waals surface area contributed by atoms with Gasteiger partial charge in [-0.1, -0.05) is 0 Å². The number of carboxylic acids is 1. The predicted molar refractivity (Wildman–Crippen MR) is 66.6 cm³/mol. The van der Waals surface area contributed by atoms with Gasteiger partial charge in [-0.2, -0.15) is 11.3 Å². The van der Waals surface area contributed by atoms with Gasteiger partial charge in [-0.05, 0) is 28.8 Å². The maximum Gasteiger partial charge on any atom is 0.334 e. The summed E-state index contributed by atoms with van der Waals surface area (Å²) in [6.07, 6.45) is 0.240. The van der Waals surface area contributed by atoms with Gasteiger partial charge in [0.2, 0.25) is 5.91 Å². The Bertz CT molecular complexity index is 418. The Labute approximate surface area is 109 Å². The minimum atomic E-state index is -1.01. The van der Waals surface area contributed by atoms with Crippen molar-refractivity contribution in [2.24, 2.45) is 0 Å². The Morgan fingerprint density at radius 2 is 2.39 bits per heavy atom. The van der Waals surface area contributed by atoms with Crippen LogP contribution in [0.5, 0.6) is 0 Å². The van der Waals surface area contributed by atoms with Crippen molar-refractivity contribution in [1.82, 2.24) is 4.90 Å². The summed E-state index contributed by atoms with van der Waals surface area (Å²) in [7, 11) is 0. The van der Waals surface area contributed by atoms with Gasteiger partial charge in [0.15, 0.2) is 6.10 Å². The maximum atomic E-state index is 11.9. The first kappa shape index (κ1) is 13.0. The van der Waals surface area contributed by atoms with Gasteiger partial charge in [0, 0.05) is 13.0 Å². The molecule has 1 aliphatic rings. The van der Waals surface area contributed by atoms with Gasteiger partial charge in [-0.25, -0.2) is 4.79 Å². The lowest BCUT2D eigenvalue weighted by Gasteiger charge is -2.30. The molecule has 1 atom stereocenters. The highest BCUT2D eigenvalue weighted by molar-refractivity contribution is 7.07. The van der Waals surface area contributed by atoms with Crippen LogP contribution in [0.25, 0.3) is 0 Å². The molecule has 1 fully saturated rings. The molecule has 0 aromatic carbocycles. The van der Waals surface area contributed by atoms with Crippen molar-refractivity contribution in [3.8, 4) is 0 Å². The monoisotopic (exact) mass is 269 g/mol. The van der Waals surface area contributed by atoms with Crippen LogP contribution in [-0.4, -0.2) is 47.7 Å². The van der Waals surface area contributed by atoms with E-state index in [0.717, 1.165) is 5.56 Å². The predicted octanol–water partition coefficient (Wildman–Crippen LogP) is 0.993. The molecule has 1 aromatic rings. The molecular weight excluding hydrogens is 254 g/mol. The largest absolute Gasteiger partial charge is 0.479 e. The molecule has 98 valence electrons. The molecule has 1 aliphatic heterocycles. The number of rotatable bonds is 4. The van der Waals surface area contributed by atoms with Gasteiger partial charge in [-0.15, -0.1) is 0 Å². The van der Waals surface area contributed by atoms with E-state index in [4.69, 9.17) is 9.84 Å². The molecule has 0 bridgehead atoms. The third-order valence-electron chi connectivity index (χ3n) is 2.90. The SMILES string of the molecule is O=C(O)C1CN(C(=O)CCc2ccsc2)CCO1. The Hall–Kier alpha value is -1.40. The number of aliphatic carboxylic acids is 1. The van der Waals surface area contributed by atoms with Crippen molar-refractivity contribution in [1.29, 1.82) is 0 Å². The van der Waals surface area contributed by atoms with Crippen LogP contribution in [0.15, 0.2) is 16.8 Å². The summed E-state index contributed by atoms with van der Waals surface area (Å²) < 4.78 is 5.08. The second-order valence-corrected chi connectivity index (χ2v) is 4.95. The van der Waals surface area contributed by atoms with Crippen LogP contribution in [0.2, 0.25) is 0 Å². The molecule has 5 nitrogen and oxygen atoms in total. The van der Waals surface area contributed by atoms with E-state index in [-0.39, 0.29) is 12.5 Å². The normalized spacial score (nSPS) is 19.8. The van der Waals surface area contributed by atoms with E-state index in [2.05, 4.69) is 0 Å². The van der Waals surface area contributed by atoms with Crippen molar-refractivity contribution < 1.29 is 19.4 Å². The molecule has 0 radical (unpaired) electrons. The zero-order chi connectivity index (χ0) is 13.0. The average Bonchev–Trinajstić information content (AvgIpc) is 2.89. The number of aryl methyl sites for hydroxylation is 1. The topological polar surface area (TPSA) is 66.8 Å². The number of nitrogens with zero attached hydrogens (tertiary/aromatic N) is 1. The van der Waals surface area contributed by atoms with E-state index in [1.165, 1.54) is 0 Å². The molecule has 2 heterocycles. The second kappa shape index (κ2) is 5.97. The first-order chi connectivity index (χ1) is 8.66. The Kier molecular flexibility index (Phi) is 4.33. The summed E-state index contributed by atoms with van der Waals surface area (Å²) in [6.45, 7) is 0.922. The van der Waals surface area contributed by atoms with Crippen LogP contribution in [0.3, 0.4) is 0 Å². The Balaban J connectivity index is 1.83. The molecule has 1 saturated heterocycles. The van der Waals surface area contributed by atoms with Crippen LogP contribution in [0.4, 0.5) is 0 Å². The summed E-state index contributed by atoms with van der Waals surface area (Å²) in [5.41, 5.74) is 1.15. The van der Waals surface area contributed by atoms with Gasteiger partial charge in [0.25, 0.3) is 0 Å². The third-order valence-corrected chi connectivity index (χ3v) is 3.63. The van der Waals surface area contributed by atoms with E-state index in [1.807, 2.05) is 16.8 Å². The minimum Gasteiger partial charge on any atom is -0.479 e. The number of carboxylic acid groups (broad SMARTS) is 1. The highest BCUT2D eigenvalue weighted by Gasteiger charge is 2.28. The Morgan fingerprint density at radius 3 is 3.06 bits per heavy atom. The van der Waals surface area contributed by atoms with Crippen molar-refractivity contribution in [2.45, 2.75) is 18.9 Å². The van der Waals surface area contributed by atoms with Crippen LogP contribution >= 0.6 is 11.3 Å². The van der Waals surface area contributed by atoms with Crippen LogP contribution in [-0.2, 0) is 20.7 Å². The zero-order valence-electron chi connectivity index (χ0n) is 9.87. The molecule has 1 aromatic heterocycles. The first-order valence-electron chi connectivity index (χ1n) is 5.80. The number of amides is 1. The van der Waals surface area contributed by atoms with Crippen LogP contribution in [0.1, 0.15) is 12.0 Å². The molecule has 1 N–H and O–H groups in total. The number of carbonyl (C=O) groups excluding carboxylic acids is 1. The fourth-order valence-electron chi connectivity index (χ4n) is 1.87. The summed E-state index contributed by atoms with van der Waals surface area (Å²) in [5.74, 6) is -1.01. The molecule has 18 heavy (non-hydrogen) atoms. The lowest BCUT2D eigenvalue weighted by Crippen LogP contribution is -2.48. The van der Waals surface area contributed by atoms with Gasteiger partial charge in [-0.3, -0.25) is 4.79 Å². The quantitative estimate of drug-likeness (QED) is 0.885. The average molecular weight is 269 g/mol. The maximum absolute atomic E-state index is 11.9. The van der Waals surface area contributed by atoms with E-state index >= 15 is 0 Å². The molecule has 0 saturated carbocycles. The second-order valence-electron chi connectivity index (χ2n) is 4.17. The van der Waals surface area contributed by atoms with Crippen LogP contribution < -0.4 is 0 Å². The number of carbonyl (C=O) groups is 2.